The van der Waals surface area contributed by atoms with Gasteiger partial charge >= 0.3 is 0 Å². The topological polar surface area (TPSA) is 55.2 Å². The summed E-state index contributed by atoms with van der Waals surface area (Å²) in [4.78, 5) is 34.3. The van der Waals surface area contributed by atoms with Crippen molar-refractivity contribution in [3.05, 3.63) is 56.7 Å². The summed E-state index contributed by atoms with van der Waals surface area (Å²) in [7, 11) is 5.24. The number of fused-ring (bicyclic) bond motifs is 3. The van der Waals surface area contributed by atoms with Crippen LogP contribution in [0.25, 0.3) is 10.2 Å². The van der Waals surface area contributed by atoms with Gasteiger partial charge in [0.25, 0.3) is 5.56 Å². The third-order valence-electron chi connectivity index (χ3n) is 4.90. The molecule has 0 fully saturated rings. The summed E-state index contributed by atoms with van der Waals surface area (Å²) < 4.78 is 1.59. The molecule has 0 aliphatic heterocycles. The Hall–Kier alpha value is -2.12. The van der Waals surface area contributed by atoms with Crippen LogP contribution >= 0.6 is 23.1 Å². The SMILES string of the molecule is CN(C)C(=O)[C@@H](Sc1nc2sc3c(c2c(=O)n1C)CCC3)c1ccccc1. The van der Waals surface area contributed by atoms with Crippen LogP contribution in [-0.2, 0) is 24.7 Å². The van der Waals surface area contributed by atoms with Crippen LogP contribution in [0.2, 0.25) is 0 Å². The lowest BCUT2D eigenvalue weighted by atomic mass is 10.1. The van der Waals surface area contributed by atoms with Gasteiger partial charge in [0.1, 0.15) is 10.1 Å². The molecule has 0 N–H and O–H groups in total. The van der Waals surface area contributed by atoms with Gasteiger partial charge in [0.05, 0.1) is 5.39 Å². The van der Waals surface area contributed by atoms with Crippen LogP contribution in [0.5, 0.6) is 0 Å². The number of aryl methyl sites for hydroxylation is 2. The van der Waals surface area contributed by atoms with Gasteiger partial charge < -0.3 is 4.90 Å². The van der Waals surface area contributed by atoms with E-state index in [0.29, 0.717) is 5.16 Å². The van der Waals surface area contributed by atoms with Crippen LogP contribution in [0.3, 0.4) is 0 Å². The number of thioether (sulfide) groups is 1. The molecule has 1 atom stereocenters. The quantitative estimate of drug-likeness (QED) is 0.498. The Bertz CT molecular complexity index is 1070. The lowest BCUT2D eigenvalue weighted by Crippen LogP contribution is -2.28. The second-order valence-electron chi connectivity index (χ2n) is 6.94. The molecule has 7 heteroatoms. The highest BCUT2D eigenvalue weighted by Gasteiger charge is 2.27. The third kappa shape index (κ3) is 3.19. The lowest BCUT2D eigenvalue weighted by molar-refractivity contribution is -0.128. The molecular weight excluding hydrogens is 378 g/mol. The first-order valence-corrected chi connectivity index (χ1v) is 10.6. The van der Waals surface area contributed by atoms with Crippen molar-refractivity contribution < 1.29 is 4.79 Å². The van der Waals surface area contributed by atoms with Gasteiger partial charge in [-0.1, -0.05) is 42.1 Å². The number of hydrogen-bond acceptors (Lipinski definition) is 5. The number of carbonyl (C=O) groups is 1. The van der Waals surface area contributed by atoms with Gasteiger partial charge in [0, 0.05) is 26.0 Å². The van der Waals surface area contributed by atoms with E-state index in [2.05, 4.69) is 0 Å². The maximum atomic E-state index is 13.0. The monoisotopic (exact) mass is 399 g/mol. The van der Waals surface area contributed by atoms with E-state index >= 15 is 0 Å². The van der Waals surface area contributed by atoms with E-state index in [0.717, 1.165) is 35.0 Å². The second kappa shape index (κ2) is 7.13. The smallest absolute Gasteiger partial charge is 0.262 e. The van der Waals surface area contributed by atoms with Gasteiger partial charge in [-0.25, -0.2) is 4.98 Å². The van der Waals surface area contributed by atoms with Gasteiger partial charge in [-0.2, -0.15) is 0 Å². The molecule has 1 aliphatic rings. The first kappa shape index (κ1) is 18.3. The van der Waals surface area contributed by atoms with Crippen LogP contribution in [0.15, 0.2) is 40.3 Å². The van der Waals surface area contributed by atoms with Crippen molar-refractivity contribution in [1.29, 1.82) is 0 Å². The molecule has 0 saturated carbocycles. The van der Waals surface area contributed by atoms with Crippen LogP contribution in [-0.4, -0.2) is 34.5 Å². The summed E-state index contributed by atoms with van der Waals surface area (Å²) in [6.45, 7) is 0. The predicted molar refractivity (Wildman–Crippen MR) is 111 cm³/mol. The molecule has 1 amide bonds. The van der Waals surface area contributed by atoms with Crippen molar-refractivity contribution in [1.82, 2.24) is 14.5 Å². The molecule has 140 valence electrons. The van der Waals surface area contributed by atoms with Crippen molar-refractivity contribution in [2.75, 3.05) is 14.1 Å². The normalized spacial score (nSPS) is 14.3. The Kier molecular flexibility index (Phi) is 4.82. The summed E-state index contributed by atoms with van der Waals surface area (Å²) >= 11 is 2.97. The summed E-state index contributed by atoms with van der Waals surface area (Å²) in [6, 6.07) is 9.65. The average molecular weight is 400 g/mol. The Morgan fingerprint density at radius 2 is 2.00 bits per heavy atom. The molecule has 0 bridgehead atoms. The maximum Gasteiger partial charge on any atom is 0.262 e. The Morgan fingerprint density at radius 1 is 1.26 bits per heavy atom. The van der Waals surface area contributed by atoms with Crippen molar-refractivity contribution in [2.24, 2.45) is 7.05 Å². The van der Waals surface area contributed by atoms with Gasteiger partial charge in [0.2, 0.25) is 5.91 Å². The summed E-state index contributed by atoms with van der Waals surface area (Å²) in [5.41, 5.74) is 2.08. The predicted octanol–water partition coefficient (Wildman–Crippen LogP) is 3.41. The van der Waals surface area contributed by atoms with Crippen molar-refractivity contribution >= 4 is 39.2 Å². The first-order valence-electron chi connectivity index (χ1n) is 8.91. The zero-order valence-electron chi connectivity index (χ0n) is 15.6. The molecule has 5 nitrogen and oxygen atoms in total. The summed E-state index contributed by atoms with van der Waals surface area (Å²) in [5, 5.41) is 0.912. The number of benzene rings is 1. The molecule has 1 aliphatic carbocycles. The highest BCUT2D eigenvalue weighted by molar-refractivity contribution is 8.00. The Morgan fingerprint density at radius 3 is 2.70 bits per heavy atom. The van der Waals surface area contributed by atoms with E-state index in [1.165, 1.54) is 22.2 Å². The van der Waals surface area contributed by atoms with E-state index < -0.39 is 5.25 Å². The zero-order chi connectivity index (χ0) is 19.1. The third-order valence-corrected chi connectivity index (χ3v) is 7.37. The van der Waals surface area contributed by atoms with Crippen molar-refractivity contribution in [3.8, 4) is 0 Å². The van der Waals surface area contributed by atoms with Crippen LogP contribution in [0, 0.1) is 0 Å². The van der Waals surface area contributed by atoms with E-state index in [1.54, 1.807) is 41.9 Å². The fourth-order valence-electron chi connectivity index (χ4n) is 3.44. The molecular formula is C20H21N3O2S2. The fraction of sp³-hybridized carbons (Fsp3) is 0.350. The molecule has 0 unspecified atom stereocenters. The molecule has 1 aromatic carbocycles. The van der Waals surface area contributed by atoms with Crippen molar-refractivity contribution in [2.45, 2.75) is 29.7 Å². The van der Waals surface area contributed by atoms with Gasteiger partial charge in [-0.15, -0.1) is 11.3 Å². The minimum atomic E-state index is -0.441. The summed E-state index contributed by atoms with van der Waals surface area (Å²) in [5.74, 6) is -0.0192. The molecule has 0 spiro atoms. The average Bonchev–Trinajstić information content (AvgIpc) is 3.24. The Labute approximate surface area is 166 Å². The molecule has 2 heterocycles. The molecule has 0 radical (unpaired) electrons. The van der Waals surface area contributed by atoms with Crippen LogP contribution < -0.4 is 5.56 Å². The van der Waals surface area contributed by atoms with E-state index in [-0.39, 0.29) is 11.5 Å². The standard InChI is InChI=1S/C20H21N3O2S2/c1-22(2)19(25)16(12-8-5-4-6-9-12)27-20-21-17-15(18(24)23(20)3)13-10-7-11-14(13)26-17/h4-6,8-9,16H,7,10-11H2,1-3H3/t16-/m0/s1. The number of aromatic nitrogens is 2. The number of nitrogens with zero attached hydrogens (tertiary/aromatic N) is 3. The first-order chi connectivity index (χ1) is 13.0. The number of rotatable bonds is 4. The molecule has 3 aromatic rings. The molecule has 27 heavy (non-hydrogen) atoms. The number of likely N-dealkylation sites (N-methyl/N-ethyl adjacent to an activating group) is 1. The van der Waals surface area contributed by atoms with Gasteiger partial charge in [0.15, 0.2) is 5.16 Å². The fourth-order valence-corrected chi connectivity index (χ4v) is 5.95. The highest BCUT2D eigenvalue weighted by atomic mass is 32.2. The largest absolute Gasteiger partial charge is 0.348 e. The number of carbonyl (C=O) groups excluding carboxylic acids is 1. The molecule has 2 aromatic heterocycles. The lowest BCUT2D eigenvalue weighted by Gasteiger charge is -2.21. The van der Waals surface area contributed by atoms with Crippen molar-refractivity contribution in [3.63, 3.8) is 0 Å². The number of thiophene rings is 1. The van der Waals surface area contributed by atoms with Gasteiger partial charge in [-0.3, -0.25) is 14.2 Å². The number of amides is 1. The minimum absolute atomic E-state index is 0.00832. The van der Waals surface area contributed by atoms with Gasteiger partial charge in [-0.05, 0) is 30.4 Å². The minimum Gasteiger partial charge on any atom is -0.348 e. The number of hydrogen-bond donors (Lipinski definition) is 0. The van der Waals surface area contributed by atoms with E-state index in [1.807, 2.05) is 30.3 Å². The van der Waals surface area contributed by atoms with Crippen LogP contribution in [0.4, 0.5) is 0 Å². The summed E-state index contributed by atoms with van der Waals surface area (Å²) in [6.07, 6.45) is 3.11. The van der Waals surface area contributed by atoms with Crippen LogP contribution in [0.1, 0.15) is 27.7 Å². The maximum absolute atomic E-state index is 13.0. The van der Waals surface area contributed by atoms with E-state index in [9.17, 15) is 9.59 Å². The highest BCUT2D eigenvalue weighted by Crippen LogP contribution is 2.38. The molecule has 0 saturated heterocycles. The second-order valence-corrected chi connectivity index (χ2v) is 9.09. The van der Waals surface area contributed by atoms with E-state index in [4.69, 9.17) is 4.98 Å². The molecule has 4 rings (SSSR count). The zero-order valence-corrected chi connectivity index (χ0v) is 17.2. The Balaban J connectivity index is 1.80.